The zero-order valence-corrected chi connectivity index (χ0v) is 20.7. The molecule has 0 bridgehead atoms. The maximum absolute atomic E-state index is 13.1. The van der Waals surface area contributed by atoms with Gasteiger partial charge in [-0.25, -0.2) is 0 Å². The van der Waals surface area contributed by atoms with E-state index in [-0.39, 0.29) is 48.4 Å². The molecule has 2 aromatic carbocycles. The van der Waals surface area contributed by atoms with Crippen LogP contribution in [0.1, 0.15) is 35.1 Å². The van der Waals surface area contributed by atoms with Crippen molar-refractivity contribution in [2.24, 2.45) is 11.8 Å². The van der Waals surface area contributed by atoms with E-state index in [9.17, 15) is 14.7 Å². The van der Waals surface area contributed by atoms with Crippen LogP contribution in [-0.4, -0.2) is 70.1 Å². The van der Waals surface area contributed by atoms with Crippen molar-refractivity contribution in [1.29, 1.82) is 0 Å². The fraction of sp³-hybridized carbons (Fsp3) is 0.462. The van der Waals surface area contributed by atoms with Gasteiger partial charge in [0, 0.05) is 24.8 Å². The van der Waals surface area contributed by atoms with Crippen LogP contribution >= 0.6 is 0 Å². The van der Waals surface area contributed by atoms with Gasteiger partial charge in [-0.15, -0.1) is 0 Å². The Labute approximate surface area is 209 Å². The Morgan fingerprint density at radius 1 is 1.06 bits per heavy atom. The first-order valence-corrected chi connectivity index (χ1v) is 11.8. The van der Waals surface area contributed by atoms with E-state index >= 15 is 0 Å². The fourth-order valence-corrected chi connectivity index (χ4v) is 5.41. The highest BCUT2D eigenvalue weighted by atomic mass is 16.7. The number of phenolic OH excluding ortho intramolecular Hbond substituents is 1. The first kappa shape index (κ1) is 24.1. The number of carbonyl (C=O) groups is 2. The lowest BCUT2D eigenvalue weighted by atomic mass is 9.65. The molecule has 0 saturated carbocycles. The van der Waals surface area contributed by atoms with Crippen LogP contribution in [0.5, 0.6) is 28.7 Å². The lowest BCUT2D eigenvalue weighted by molar-refractivity contribution is -0.141. The number of fused-ring (bicyclic) bond motifs is 3. The topological polar surface area (TPSA) is 116 Å². The molecule has 1 aliphatic carbocycles. The van der Waals surface area contributed by atoms with Gasteiger partial charge in [0.05, 0.1) is 32.8 Å². The molecule has 2 heterocycles. The highest BCUT2D eigenvalue weighted by Crippen LogP contribution is 2.55. The number of cyclic esters (lactones) is 1. The number of methoxy groups -OCH3 is 2. The minimum Gasteiger partial charge on any atom is -0.502 e. The van der Waals surface area contributed by atoms with Gasteiger partial charge in [0.2, 0.25) is 18.4 Å². The molecule has 2 aromatic rings. The molecule has 1 amide bonds. The number of aromatic hydroxyl groups is 1. The zero-order chi connectivity index (χ0) is 25.6. The molecule has 0 aromatic heterocycles. The van der Waals surface area contributed by atoms with Crippen molar-refractivity contribution in [1.82, 2.24) is 10.2 Å². The second-order valence-corrected chi connectivity index (χ2v) is 9.50. The lowest BCUT2D eigenvalue weighted by Gasteiger charge is -2.39. The molecule has 2 N–H and O–H groups in total. The molecule has 0 spiro atoms. The van der Waals surface area contributed by atoms with Crippen LogP contribution in [-0.2, 0) is 14.3 Å². The molecule has 10 nitrogen and oxygen atoms in total. The van der Waals surface area contributed by atoms with Crippen molar-refractivity contribution >= 4 is 11.9 Å². The Morgan fingerprint density at radius 2 is 1.69 bits per heavy atom. The Bertz CT molecular complexity index is 1170. The van der Waals surface area contributed by atoms with Gasteiger partial charge in [0.1, 0.15) is 0 Å². The van der Waals surface area contributed by atoms with Gasteiger partial charge in [0.15, 0.2) is 23.0 Å². The normalized spacial score (nSPS) is 23.6. The minimum atomic E-state index is -0.573. The average molecular weight is 499 g/mol. The van der Waals surface area contributed by atoms with E-state index in [1.165, 1.54) is 14.2 Å². The molecule has 5 rings (SSSR count). The number of nitrogens with zero attached hydrogens (tertiary/aromatic N) is 1. The van der Waals surface area contributed by atoms with Crippen LogP contribution in [0.25, 0.3) is 0 Å². The number of hydrogen-bond donors (Lipinski definition) is 2. The first-order valence-electron chi connectivity index (χ1n) is 11.8. The van der Waals surface area contributed by atoms with Crippen molar-refractivity contribution < 1.29 is 38.4 Å². The summed E-state index contributed by atoms with van der Waals surface area (Å²) in [7, 11) is 6.73. The van der Waals surface area contributed by atoms with E-state index in [1.54, 1.807) is 12.1 Å². The monoisotopic (exact) mass is 498 g/mol. The molecule has 0 radical (unpaired) electrons. The lowest BCUT2D eigenvalue weighted by Crippen LogP contribution is -2.43. The van der Waals surface area contributed by atoms with Crippen molar-refractivity contribution in [3.8, 4) is 28.7 Å². The number of nitrogens with one attached hydrogen (secondary N) is 1. The van der Waals surface area contributed by atoms with Crippen LogP contribution in [0.15, 0.2) is 24.3 Å². The van der Waals surface area contributed by atoms with Crippen molar-refractivity contribution in [3.05, 3.63) is 41.0 Å². The largest absolute Gasteiger partial charge is 0.502 e. The highest BCUT2D eigenvalue weighted by Gasteiger charge is 2.53. The van der Waals surface area contributed by atoms with Gasteiger partial charge in [-0.05, 0) is 55.1 Å². The number of carbonyl (C=O) groups excluding carboxylic acids is 2. The van der Waals surface area contributed by atoms with E-state index in [4.69, 9.17) is 23.7 Å². The third kappa shape index (κ3) is 4.05. The number of phenols is 1. The van der Waals surface area contributed by atoms with Crippen LogP contribution in [0.3, 0.4) is 0 Å². The summed E-state index contributed by atoms with van der Waals surface area (Å²) >= 11 is 0. The summed E-state index contributed by atoms with van der Waals surface area (Å²) in [6.07, 6.45) is 0.325. The fourth-order valence-electron chi connectivity index (χ4n) is 5.41. The maximum atomic E-state index is 13.1. The van der Waals surface area contributed by atoms with E-state index in [0.29, 0.717) is 30.0 Å². The third-order valence-corrected chi connectivity index (χ3v) is 7.15. The summed E-state index contributed by atoms with van der Waals surface area (Å²) in [5.41, 5.74) is 2.37. The number of benzene rings is 2. The number of amides is 1. The minimum absolute atomic E-state index is 0.0957. The van der Waals surface area contributed by atoms with Gasteiger partial charge >= 0.3 is 5.97 Å². The maximum Gasteiger partial charge on any atom is 0.310 e. The highest BCUT2D eigenvalue weighted by molar-refractivity contribution is 5.81. The van der Waals surface area contributed by atoms with Crippen molar-refractivity contribution in [2.45, 2.75) is 18.4 Å². The summed E-state index contributed by atoms with van der Waals surface area (Å²) in [6, 6.07) is 6.72. The van der Waals surface area contributed by atoms with Crippen LogP contribution < -0.4 is 24.3 Å². The summed E-state index contributed by atoms with van der Waals surface area (Å²) in [5, 5.41) is 13.6. The van der Waals surface area contributed by atoms with Crippen LogP contribution in [0.2, 0.25) is 0 Å². The molecule has 1 unspecified atom stereocenters. The van der Waals surface area contributed by atoms with Gasteiger partial charge in [-0.2, -0.15) is 0 Å². The molecule has 3 aliphatic rings. The molecule has 4 atom stereocenters. The Kier molecular flexibility index (Phi) is 6.29. The number of rotatable bonds is 7. The Balaban J connectivity index is 1.65. The number of hydrogen-bond acceptors (Lipinski definition) is 9. The molecule has 36 heavy (non-hydrogen) atoms. The molecule has 1 fully saturated rings. The van der Waals surface area contributed by atoms with Gasteiger partial charge < -0.3 is 39.0 Å². The van der Waals surface area contributed by atoms with Gasteiger partial charge in [0.25, 0.3) is 0 Å². The molecular formula is C26H30N2O8. The smallest absolute Gasteiger partial charge is 0.310 e. The number of esters is 1. The van der Waals surface area contributed by atoms with E-state index < -0.39 is 17.9 Å². The van der Waals surface area contributed by atoms with E-state index in [2.05, 4.69) is 5.32 Å². The molecule has 10 heteroatoms. The van der Waals surface area contributed by atoms with Gasteiger partial charge in [-0.3, -0.25) is 9.59 Å². The summed E-state index contributed by atoms with van der Waals surface area (Å²) in [4.78, 5) is 28.0. The zero-order valence-electron chi connectivity index (χ0n) is 20.7. The molecule has 1 saturated heterocycles. The second kappa shape index (κ2) is 9.42. The van der Waals surface area contributed by atoms with Gasteiger partial charge in [-0.1, -0.05) is 0 Å². The van der Waals surface area contributed by atoms with Crippen LogP contribution in [0, 0.1) is 11.8 Å². The van der Waals surface area contributed by atoms with E-state index in [0.717, 1.165) is 11.1 Å². The SMILES string of the molecule is COc1cc(C2c3cc4c(cc3[C@@H](NC(=O)CCN(C)C)[C@H]3COC(=O)[C@H]23)OCO4)cc(OC)c1O. The van der Waals surface area contributed by atoms with Crippen LogP contribution in [0.4, 0.5) is 0 Å². The molecular weight excluding hydrogens is 468 g/mol. The predicted molar refractivity (Wildman–Crippen MR) is 128 cm³/mol. The second-order valence-electron chi connectivity index (χ2n) is 9.50. The molecule has 192 valence electrons. The third-order valence-electron chi connectivity index (χ3n) is 7.15. The van der Waals surface area contributed by atoms with Crippen molar-refractivity contribution in [3.63, 3.8) is 0 Å². The summed E-state index contributed by atoms with van der Waals surface area (Å²) in [6.45, 7) is 0.878. The first-order chi connectivity index (χ1) is 17.3. The van der Waals surface area contributed by atoms with Crippen molar-refractivity contribution in [2.75, 3.05) is 48.3 Å². The standard InChI is InChI=1S/C26H30N2O8/c1-28(2)6-5-21(29)27-24-15-10-18-17(35-12-36-18)9-14(15)22(23-16(24)11-34-26(23)31)13-7-19(32-3)25(30)20(8-13)33-4/h7-10,16,22-24,30H,5-6,11-12H2,1-4H3,(H,27,29)/t16-,22?,23-,24+/m0/s1. The predicted octanol–water partition coefficient (Wildman–Crippen LogP) is 2.18. The average Bonchev–Trinajstić information content (AvgIpc) is 3.48. The summed E-state index contributed by atoms with van der Waals surface area (Å²) < 4.78 is 27.6. The summed E-state index contributed by atoms with van der Waals surface area (Å²) in [5.74, 6) is -0.282. The quantitative estimate of drug-likeness (QED) is 0.554. The Morgan fingerprint density at radius 3 is 2.31 bits per heavy atom. The van der Waals surface area contributed by atoms with E-state index in [1.807, 2.05) is 31.1 Å². The number of ether oxygens (including phenoxy) is 5. The Hall–Kier alpha value is -3.66. The molecule has 2 aliphatic heterocycles.